The van der Waals surface area contributed by atoms with Gasteiger partial charge < -0.3 is 5.32 Å². The average Bonchev–Trinajstić information content (AvgIpc) is 2.89. The molecule has 0 bridgehead atoms. The second-order valence-electron chi connectivity index (χ2n) is 8.62. The largest absolute Gasteiger partial charge is 0.326 e. The van der Waals surface area contributed by atoms with Crippen LogP contribution in [0.15, 0.2) is 99.6 Å². The first kappa shape index (κ1) is 27.2. The van der Waals surface area contributed by atoms with Crippen molar-refractivity contribution in [2.24, 2.45) is 4.99 Å². The standard InChI is InChI=1S/C29H28ClN5O2S/c1-3-25(20-9-5-4-6-10-20)27(37)34-29(31-22-11-7-8-19(2)16-22)35-28-32-23(17-26(36)33-28)18-38-24-14-12-21(30)13-15-24/h4-17,25H,3,18H2,1-2H3,(H3,31,32,33,34,35,36,37)/t25-/m1/s1. The van der Waals surface area contributed by atoms with Crippen LogP contribution < -0.4 is 16.2 Å². The maximum absolute atomic E-state index is 13.3. The van der Waals surface area contributed by atoms with Crippen LogP contribution >= 0.6 is 23.4 Å². The van der Waals surface area contributed by atoms with Crippen LogP contribution in [0.2, 0.25) is 5.02 Å². The van der Waals surface area contributed by atoms with Crippen LogP contribution in [0.5, 0.6) is 0 Å². The van der Waals surface area contributed by atoms with Crippen molar-refractivity contribution in [3.05, 3.63) is 117 Å². The van der Waals surface area contributed by atoms with Crippen LogP contribution in [0.3, 0.4) is 0 Å². The molecule has 1 atom stereocenters. The Kier molecular flexibility index (Phi) is 9.35. The summed E-state index contributed by atoms with van der Waals surface area (Å²) in [7, 11) is 0. The van der Waals surface area contributed by atoms with Crippen molar-refractivity contribution in [3.63, 3.8) is 0 Å². The summed E-state index contributed by atoms with van der Waals surface area (Å²) >= 11 is 7.50. The summed E-state index contributed by atoms with van der Waals surface area (Å²) in [6.45, 7) is 3.94. The van der Waals surface area contributed by atoms with Crippen molar-refractivity contribution in [1.82, 2.24) is 15.3 Å². The van der Waals surface area contributed by atoms with E-state index in [2.05, 4.69) is 25.6 Å². The zero-order chi connectivity index (χ0) is 26.9. The molecule has 0 radical (unpaired) electrons. The molecule has 4 aromatic rings. The minimum Gasteiger partial charge on any atom is -0.326 e. The third-order valence-electron chi connectivity index (χ3n) is 5.65. The number of aromatic nitrogens is 2. The number of rotatable bonds is 8. The molecule has 0 saturated carbocycles. The molecule has 1 amide bonds. The van der Waals surface area contributed by atoms with E-state index >= 15 is 0 Å². The molecule has 0 spiro atoms. The number of anilines is 1. The van der Waals surface area contributed by atoms with Gasteiger partial charge in [0, 0.05) is 27.4 Å². The van der Waals surface area contributed by atoms with E-state index in [9.17, 15) is 9.59 Å². The van der Waals surface area contributed by atoms with Gasteiger partial charge in [-0.25, -0.2) is 4.98 Å². The van der Waals surface area contributed by atoms with Crippen molar-refractivity contribution in [3.8, 4) is 0 Å². The molecule has 3 N–H and O–H groups in total. The van der Waals surface area contributed by atoms with Gasteiger partial charge in [-0.3, -0.25) is 19.9 Å². The molecule has 1 aromatic heterocycles. The normalized spacial score (nSPS) is 12.1. The molecule has 194 valence electrons. The Labute approximate surface area is 230 Å². The summed E-state index contributed by atoms with van der Waals surface area (Å²) in [6, 6.07) is 26.2. The zero-order valence-electron chi connectivity index (χ0n) is 21.1. The molecule has 0 aliphatic heterocycles. The molecule has 4 rings (SSSR count). The summed E-state index contributed by atoms with van der Waals surface area (Å²) in [5, 5.41) is 6.74. The molecule has 9 heteroatoms. The van der Waals surface area contributed by atoms with E-state index < -0.39 is 0 Å². The van der Waals surface area contributed by atoms with Crippen molar-refractivity contribution in [2.75, 3.05) is 5.32 Å². The molecule has 0 fully saturated rings. The predicted octanol–water partition coefficient (Wildman–Crippen LogP) is 6.43. The SMILES string of the molecule is CC[C@@H](C(=O)NC(=Nc1nc(CSc2ccc(Cl)cc2)cc(=O)[nH]1)Nc1cccc(C)c1)c1ccccc1. The first-order valence-electron chi connectivity index (χ1n) is 12.2. The minimum atomic E-state index is -0.366. The van der Waals surface area contributed by atoms with Crippen LogP contribution in [0.4, 0.5) is 11.6 Å². The van der Waals surface area contributed by atoms with Gasteiger partial charge in [0.1, 0.15) is 0 Å². The van der Waals surface area contributed by atoms with Gasteiger partial charge in [-0.15, -0.1) is 11.8 Å². The molecule has 0 aliphatic carbocycles. The number of hydrogen-bond donors (Lipinski definition) is 3. The number of H-pyrrole nitrogens is 1. The third kappa shape index (κ3) is 7.81. The topological polar surface area (TPSA) is 99.2 Å². The van der Waals surface area contributed by atoms with E-state index in [1.165, 1.54) is 17.8 Å². The smallest absolute Gasteiger partial charge is 0.252 e. The maximum atomic E-state index is 13.3. The number of halogens is 1. The Morgan fingerprint density at radius 2 is 1.82 bits per heavy atom. The Morgan fingerprint density at radius 1 is 1.05 bits per heavy atom. The molecule has 0 unspecified atom stereocenters. The van der Waals surface area contributed by atoms with Crippen molar-refractivity contribution >= 4 is 46.9 Å². The van der Waals surface area contributed by atoms with E-state index in [-0.39, 0.29) is 29.3 Å². The van der Waals surface area contributed by atoms with Gasteiger partial charge in [0.2, 0.25) is 17.8 Å². The first-order chi connectivity index (χ1) is 18.4. The van der Waals surface area contributed by atoms with Crippen LogP contribution in [0.1, 0.15) is 36.1 Å². The van der Waals surface area contributed by atoms with Gasteiger partial charge in [0.15, 0.2) is 0 Å². The number of nitrogens with zero attached hydrogens (tertiary/aromatic N) is 2. The van der Waals surface area contributed by atoms with Gasteiger partial charge in [0.05, 0.1) is 11.6 Å². The molecule has 38 heavy (non-hydrogen) atoms. The number of guanidine groups is 1. The lowest BCUT2D eigenvalue weighted by Gasteiger charge is -2.17. The highest BCUT2D eigenvalue weighted by atomic mass is 35.5. The van der Waals surface area contributed by atoms with Crippen molar-refractivity contribution in [1.29, 1.82) is 0 Å². The molecule has 3 aromatic carbocycles. The average molecular weight is 546 g/mol. The summed E-state index contributed by atoms with van der Waals surface area (Å²) in [5.74, 6) is 0.143. The van der Waals surface area contributed by atoms with Crippen LogP contribution in [-0.4, -0.2) is 21.8 Å². The zero-order valence-corrected chi connectivity index (χ0v) is 22.6. The van der Waals surface area contributed by atoms with Crippen molar-refractivity contribution in [2.45, 2.75) is 36.8 Å². The predicted molar refractivity (Wildman–Crippen MR) is 155 cm³/mol. The Hall–Kier alpha value is -3.88. The molecular weight excluding hydrogens is 518 g/mol. The van der Waals surface area contributed by atoms with E-state index in [0.29, 0.717) is 22.9 Å². The van der Waals surface area contributed by atoms with Crippen LogP contribution in [-0.2, 0) is 10.5 Å². The van der Waals surface area contributed by atoms with E-state index in [0.717, 1.165) is 21.7 Å². The highest BCUT2D eigenvalue weighted by molar-refractivity contribution is 7.98. The fraction of sp³-hybridized carbons (Fsp3) is 0.172. The lowest BCUT2D eigenvalue weighted by atomic mass is 9.96. The Morgan fingerprint density at radius 3 is 2.53 bits per heavy atom. The van der Waals surface area contributed by atoms with E-state index in [1.807, 2.05) is 92.7 Å². The second kappa shape index (κ2) is 13.1. The fourth-order valence-corrected chi connectivity index (χ4v) is 4.74. The maximum Gasteiger partial charge on any atom is 0.252 e. The number of aryl methyl sites for hydroxylation is 1. The quantitative estimate of drug-likeness (QED) is 0.134. The molecule has 1 heterocycles. The number of thioether (sulfide) groups is 1. The number of aliphatic imine (C=N–C) groups is 1. The van der Waals surface area contributed by atoms with E-state index in [1.54, 1.807) is 0 Å². The lowest BCUT2D eigenvalue weighted by Crippen LogP contribution is -2.39. The fourth-order valence-electron chi connectivity index (χ4n) is 3.82. The number of benzene rings is 3. The van der Waals surface area contributed by atoms with Gasteiger partial charge in [-0.1, -0.05) is 61.0 Å². The number of nitrogens with one attached hydrogen (secondary N) is 3. The Balaban J connectivity index is 1.61. The number of aromatic amines is 1. The number of carbonyl (C=O) groups excluding carboxylic acids is 1. The third-order valence-corrected chi connectivity index (χ3v) is 6.95. The van der Waals surface area contributed by atoms with Gasteiger partial charge >= 0.3 is 0 Å². The van der Waals surface area contributed by atoms with Gasteiger partial charge in [-0.05, 0) is 60.9 Å². The Bertz CT molecular complexity index is 1470. The molecule has 0 aliphatic rings. The van der Waals surface area contributed by atoms with Gasteiger partial charge in [-0.2, -0.15) is 4.99 Å². The number of amides is 1. The number of hydrogen-bond acceptors (Lipinski definition) is 5. The highest BCUT2D eigenvalue weighted by Gasteiger charge is 2.20. The summed E-state index contributed by atoms with van der Waals surface area (Å²) < 4.78 is 0. The molecular formula is C29H28ClN5O2S. The minimum absolute atomic E-state index is 0.0902. The lowest BCUT2D eigenvalue weighted by molar-refractivity contribution is -0.121. The van der Waals surface area contributed by atoms with Crippen molar-refractivity contribution < 1.29 is 4.79 Å². The van der Waals surface area contributed by atoms with Crippen LogP contribution in [0, 0.1) is 6.92 Å². The second-order valence-corrected chi connectivity index (χ2v) is 10.1. The summed E-state index contributed by atoms with van der Waals surface area (Å²) in [4.78, 5) is 38.4. The van der Waals surface area contributed by atoms with Gasteiger partial charge in [0.25, 0.3) is 5.56 Å². The van der Waals surface area contributed by atoms with E-state index in [4.69, 9.17) is 11.6 Å². The molecule has 0 saturated heterocycles. The molecule has 7 nitrogen and oxygen atoms in total. The number of carbonyl (C=O) groups is 1. The first-order valence-corrected chi connectivity index (χ1v) is 13.5. The highest BCUT2D eigenvalue weighted by Crippen LogP contribution is 2.24. The summed E-state index contributed by atoms with van der Waals surface area (Å²) in [5.41, 5.74) is 2.93. The monoisotopic (exact) mass is 545 g/mol. The summed E-state index contributed by atoms with van der Waals surface area (Å²) in [6.07, 6.45) is 0.611. The van der Waals surface area contributed by atoms with Crippen LogP contribution in [0.25, 0.3) is 0 Å².